The highest BCUT2D eigenvalue weighted by atomic mass is 16.3. The van der Waals surface area contributed by atoms with Crippen LogP contribution in [0.3, 0.4) is 0 Å². The lowest BCUT2D eigenvalue weighted by molar-refractivity contribution is -0.227. The van der Waals surface area contributed by atoms with Crippen molar-refractivity contribution in [1.82, 2.24) is 4.90 Å². The maximum Gasteiger partial charge on any atom is 0.0814 e. The fourth-order valence-corrected chi connectivity index (χ4v) is 10.1. The third kappa shape index (κ3) is 1.34. The summed E-state index contributed by atoms with van der Waals surface area (Å²) in [5.41, 5.74) is 1.54. The standard InChI is InChI=1S/C22H33NO2/c1-4-23-11-20(3)7-5-8-22-15(20)10-14(18(22)23)21-9-6-13(12(2)19(21)25)16(24)17(21)22/h13-19,24-25H,2,4-11H2,1,3H3/t13-,14?,15-,16+,17-,18?,19-,20+,21+,22+/m1/s1. The van der Waals surface area contributed by atoms with Gasteiger partial charge in [-0.25, -0.2) is 0 Å². The molecule has 3 nitrogen and oxygen atoms in total. The van der Waals surface area contributed by atoms with Gasteiger partial charge < -0.3 is 10.2 Å². The van der Waals surface area contributed by atoms with Gasteiger partial charge in [-0.3, -0.25) is 4.90 Å². The Morgan fingerprint density at radius 2 is 2.00 bits per heavy atom. The van der Waals surface area contributed by atoms with E-state index in [0.717, 1.165) is 30.9 Å². The first-order valence-corrected chi connectivity index (χ1v) is 10.7. The summed E-state index contributed by atoms with van der Waals surface area (Å²) in [5.74, 6) is 1.77. The van der Waals surface area contributed by atoms with E-state index in [1.165, 1.54) is 32.2 Å². The van der Waals surface area contributed by atoms with Crippen LogP contribution in [-0.2, 0) is 0 Å². The van der Waals surface area contributed by atoms with Gasteiger partial charge >= 0.3 is 0 Å². The Morgan fingerprint density at radius 3 is 2.76 bits per heavy atom. The molecule has 6 aliphatic carbocycles. The Balaban J connectivity index is 1.60. The van der Waals surface area contributed by atoms with Crippen molar-refractivity contribution in [2.45, 2.75) is 70.6 Å². The molecule has 0 amide bonds. The number of nitrogens with zero attached hydrogens (tertiary/aromatic N) is 1. The highest BCUT2D eigenvalue weighted by Gasteiger charge is 2.84. The predicted octanol–water partition coefficient (Wildman–Crippen LogP) is 2.82. The van der Waals surface area contributed by atoms with Crippen molar-refractivity contribution in [2.24, 2.45) is 39.9 Å². The van der Waals surface area contributed by atoms with E-state index >= 15 is 0 Å². The Bertz CT molecular complexity index is 662. The maximum absolute atomic E-state index is 11.5. The normalized spacial score (nSPS) is 64.6. The van der Waals surface area contributed by atoms with Crippen LogP contribution >= 0.6 is 0 Å². The molecule has 0 radical (unpaired) electrons. The summed E-state index contributed by atoms with van der Waals surface area (Å²) >= 11 is 0. The summed E-state index contributed by atoms with van der Waals surface area (Å²) in [7, 11) is 0. The smallest absolute Gasteiger partial charge is 0.0814 e. The molecule has 0 aromatic heterocycles. The van der Waals surface area contributed by atoms with Crippen molar-refractivity contribution in [1.29, 1.82) is 0 Å². The summed E-state index contributed by atoms with van der Waals surface area (Å²) in [6, 6.07) is 0.592. The molecule has 0 aromatic carbocycles. The Hall–Kier alpha value is -0.380. The minimum atomic E-state index is -0.377. The molecule has 7 aliphatic rings. The maximum atomic E-state index is 11.5. The van der Waals surface area contributed by atoms with Crippen molar-refractivity contribution in [3.8, 4) is 0 Å². The first kappa shape index (κ1) is 15.7. The third-order valence-electron chi connectivity index (χ3n) is 10.5. The zero-order valence-corrected chi connectivity index (χ0v) is 15.7. The van der Waals surface area contributed by atoms with Crippen LogP contribution < -0.4 is 0 Å². The average molecular weight is 344 g/mol. The molecule has 2 N–H and O–H groups in total. The first-order chi connectivity index (χ1) is 11.9. The van der Waals surface area contributed by atoms with E-state index in [9.17, 15) is 10.2 Å². The second kappa shape index (κ2) is 4.36. The molecule has 2 spiro atoms. The number of aliphatic hydroxyl groups is 2. The second-order valence-corrected chi connectivity index (χ2v) is 10.7. The Morgan fingerprint density at radius 1 is 1.20 bits per heavy atom. The molecule has 3 heteroatoms. The van der Waals surface area contributed by atoms with Crippen molar-refractivity contribution < 1.29 is 10.2 Å². The van der Waals surface area contributed by atoms with E-state index < -0.39 is 0 Å². The molecule has 1 heterocycles. The van der Waals surface area contributed by atoms with E-state index in [0.29, 0.717) is 23.3 Å². The zero-order valence-electron chi connectivity index (χ0n) is 15.7. The molecule has 1 aliphatic heterocycles. The quantitative estimate of drug-likeness (QED) is 0.720. The van der Waals surface area contributed by atoms with Crippen LogP contribution in [0.4, 0.5) is 0 Å². The number of likely N-dealkylation sites (tertiary alicyclic amines) is 1. The van der Waals surface area contributed by atoms with Crippen LogP contribution in [0, 0.1) is 39.9 Å². The van der Waals surface area contributed by atoms with Gasteiger partial charge in [-0.15, -0.1) is 0 Å². The molecule has 7 rings (SSSR count). The lowest BCUT2D eigenvalue weighted by atomic mass is 9.39. The van der Waals surface area contributed by atoms with Crippen LogP contribution in [0.5, 0.6) is 0 Å². The summed E-state index contributed by atoms with van der Waals surface area (Å²) in [6.07, 6.45) is 6.75. The van der Waals surface area contributed by atoms with E-state index in [4.69, 9.17) is 0 Å². The third-order valence-corrected chi connectivity index (χ3v) is 10.5. The summed E-state index contributed by atoms with van der Waals surface area (Å²) in [6.45, 7) is 11.5. The van der Waals surface area contributed by atoms with Gasteiger partial charge in [0.2, 0.25) is 0 Å². The molecule has 138 valence electrons. The number of fused-ring (bicyclic) bond motifs is 2. The Labute approximate surface area is 151 Å². The van der Waals surface area contributed by atoms with Crippen molar-refractivity contribution in [3.63, 3.8) is 0 Å². The van der Waals surface area contributed by atoms with Gasteiger partial charge in [-0.2, -0.15) is 0 Å². The molecular weight excluding hydrogens is 310 g/mol. The molecule has 25 heavy (non-hydrogen) atoms. The van der Waals surface area contributed by atoms with Crippen LogP contribution in [0.15, 0.2) is 12.2 Å². The van der Waals surface area contributed by atoms with E-state index in [1.807, 2.05) is 0 Å². The summed E-state index contributed by atoms with van der Waals surface area (Å²) in [5, 5.41) is 22.9. The number of hydrogen-bond acceptors (Lipinski definition) is 3. The highest BCUT2D eigenvalue weighted by molar-refractivity contribution is 5.38. The van der Waals surface area contributed by atoms with Gasteiger partial charge in [0.25, 0.3) is 0 Å². The molecular formula is C22H33NO2. The molecule has 2 unspecified atom stereocenters. The average Bonchev–Trinajstić information content (AvgIpc) is 2.99. The van der Waals surface area contributed by atoms with Crippen LogP contribution in [0.25, 0.3) is 0 Å². The van der Waals surface area contributed by atoms with E-state index in [-0.39, 0.29) is 29.0 Å². The fraction of sp³-hybridized carbons (Fsp3) is 0.909. The molecule has 7 fully saturated rings. The topological polar surface area (TPSA) is 43.7 Å². The SMILES string of the molecule is C=C1[C@H]2CC[C@@]3(C4C[C@@H]5[C@@]6(C)CCC[C@@]5(C4N(CC)C6)[C@@H]3[C@H]2O)[C@@H]1O. The van der Waals surface area contributed by atoms with Crippen LogP contribution in [0.1, 0.15) is 52.4 Å². The monoisotopic (exact) mass is 343 g/mol. The van der Waals surface area contributed by atoms with Gasteiger partial charge in [0.05, 0.1) is 12.2 Å². The van der Waals surface area contributed by atoms with Crippen LogP contribution in [0.2, 0.25) is 0 Å². The Kier molecular flexibility index (Phi) is 2.73. The van der Waals surface area contributed by atoms with E-state index in [2.05, 4.69) is 25.3 Å². The van der Waals surface area contributed by atoms with Crippen molar-refractivity contribution >= 4 is 0 Å². The zero-order chi connectivity index (χ0) is 17.4. The van der Waals surface area contributed by atoms with E-state index in [1.54, 1.807) is 0 Å². The summed E-state index contributed by atoms with van der Waals surface area (Å²) in [4.78, 5) is 2.77. The largest absolute Gasteiger partial charge is 0.392 e. The number of aliphatic hydroxyl groups excluding tert-OH is 2. The minimum absolute atomic E-state index is 0.0809. The van der Waals surface area contributed by atoms with Gasteiger partial charge in [0.15, 0.2) is 0 Å². The molecule has 1 saturated heterocycles. The molecule has 10 atom stereocenters. The number of rotatable bonds is 1. The lowest BCUT2D eigenvalue weighted by Crippen LogP contribution is -2.69. The van der Waals surface area contributed by atoms with Gasteiger partial charge in [0.1, 0.15) is 0 Å². The predicted molar refractivity (Wildman–Crippen MR) is 96.8 cm³/mol. The van der Waals surface area contributed by atoms with Gasteiger partial charge in [0, 0.05) is 29.8 Å². The van der Waals surface area contributed by atoms with Crippen molar-refractivity contribution in [2.75, 3.05) is 13.1 Å². The van der Waals surface area contributed by atoms with Crippen LogP contribution in [-0.4, -0.2) is 46.5 Å². The number of hydrogen-bond donors (Lipinski definition) is 2. The van der Waals surface area contributed by atoms with Crippen molar-refractivity contribution in [3.05, 3.63) is 12.2 Å². The molecule has 6 saturated carbocycles. The lowest BCUT2D eigenvalue weighted by Gasteiger charge is -2.68. The van der Waals surface area contributed by atoms with Gasteiger partial charge in [-0.1, -0.05) is 26.8 Å². The second-order valence-electron chi connectivity index (χ2n) is 10.7. The highest BCUT2D eigenvalue weighted by Crippen LogP contribution is 2.83. The minimum Gasteiger partial charge on any atom is -0.392 e. The summed E-state index contributed by atoms with van der Waals surface area (Å²) < 4.78 is 0. The molecule has 7 bridgehead atoms. The number of piperidine rings is 1. The van der Waals surface area contributed by atoms with Gasteiger partial charge in [-0.05, 0) is 66.9 Å². The fourth-order valence-electron chi connectivity index (χ4n) is 10.1. The molecule has 0 aromatic rings. The first-order valence-electron chi connectivity index (χ1n) is 10.7.